The fourth-order valence-corrected chi connectivity index (χ4v) is 3.60. The molecule has 4 rings (SSSR count). The minimum absolute atomic E-state index is 0.0917. The van der Waals surface area contributed by atoms with Crippen molar-refractivity contribution in [3.8, 4) is 11.5 Å². The van der Waals surface area contributed by atoms with Crippen molar-refractivity contribution in [3.05, 3.63) is 96.3 Å². The third kappa shape index (κ3) is 5.33. The standard InChI is InChI=1S/C23H20N4O2S/c28-21(16-30-23-27-26-22(29-23)19-12-7-13-24-15-19)25-20(18-10-5-2-6-11-18)14-17-8-3-1-4-9-17/h1-13,15,20H,14,16H2,(H,25,28)/t20-/m0/s1. The average molecular weight is 417 g/mol. The van der Waals surface area contributed by atoms with Crippen molar-refractivity contribution in [1.82, 2.24) is 20.5 Å². The Morgan fingerprint density at radius 2 is 1.73 bits per heavy atom. The summed E-state index contributed by atoms with van der Waals surface area (Å²) in [6.45, 7) is 0. The van der Waals surface area contributed by atoms with E-state index in [4.69, 9.17) is 4.42 Å². The van der Waals surface area contributed by atoms with E-state index >= 15 is 0 Å². The molecule has 0 radical (unpaired) electrons. The van der Waals surface area contributed by atoms with Crippen LogP contribution in [0.1, 0.15) is 17.2 Å². The Morgan fingerprint density at radius 3 is 2.47 bits per heavy atom. The first-order chi connectivity index (χ1) is 14.8. The van der Waals surface area contributed by atoms with Crippen LogP contribution in [-0.4, -0.2) is 26.8 Å². The van der Waals surface area contributed by atoms with Crippen LogP contribution in [0.3, 0.4) is 0 Å². The topological polar surface area (TPSA) is 80.9 Å². The third-order valence-electron chi connectivity index (χ3n) is 4.46. The molecule has 150 valence electrons. The van der Waals surface area contributed by atoms with Gasteiger partial charge < -0.3 is 9.73 Å². The van der Waals surface area contributed by atoms with Crippen LogP contribution >= 0.6 is 11.8 Å². The van der Waals surface area contributed by atoms with Crippen LogP contribution in [0.5, 0.6) is 0 Å². The Kier molecular flexibility index (Phi) is 6.51. The van der Waals surface area contributed by atoms with Gasteiger partial charge in [0.1, 0.15) is 0 Å². The Morgan fingerprint density at radius 1 is 0.967 bits per heavy atom. The predicted octanol–water partition coefficient (Wildman–Crippen LogP) is 4.32. The molecule has 2 aromatic heterocycles. The highest BCUT2D eigenvalue weighted by Gasteiger charge is 2.17. The molecule has 0 saturated heterocycles. The number of carbonyl (C=O) groups excluding carboxylic acids is 1. The Hall–Kier alpha value is -3.45. The van der Waals surface area contributed by atoms with Crippen LogP contribution < -0.4 is 5.32 Å². The molecule has 30 heavy (non-hydrogen) atoms. The van der Waals surface area contributed by atoms with Gasteiger partial charge in [-0.2, -0.15) is 0 Å². The molecule has 1 atom stereocenters. The molecule has 0 aliphatic heterocycles. The molecule has 0 unspecified atom stereocenters. The van der Waals surface area contributed by atoms with E-state index < -0.39 is 0 Å². The van der Waals surface area contributed by atoms with Crippen molar-refractivity contribution < 1.29 is 9.21 Å². The summed E-state index contributed by atoms with van der Waals surface area (Å²) in [4.78, 5) is 16.7. The smallest absolute Gasteiger partial charge is 0.277 e. The largest absolute Gasteiger partial charge is 0.411 e. The monoisotopic (exact) mass is 416 g/mol. The van der Waals surface area contributed by atoms with Crippen molar-refractivity contribution in [2.24, 2.45) is 0 Å². The SMILES string of the molecule is O=C(CSc1nnc(-c2cccnc2)o1)N[C@@H](Cc1ccccc1)c1ccccc1. The zero-order valence-electron chi connectivity index (χ0n) is 16.1. The quantitative estimate of drug-likeness (QED) is 0.431. The van der Waals surface area contributed by atoms with Crippen molar-refractivity contribution in [1.29, 1.82) is 0 Å². The molecule has 7 heteroatoms. The van der Waals surface area contributed by atoms with Crippen LogP contribution in [0.15, 0.2) is 94.8 Å². The number of aromatic nitrogens is 3. The van der Waals surface area contributed by atoms with Gasteiger partial charge in [-0.1, -0.05) is 72.4 Å². The van der Waals surface area contributed by atoms with Gasteiger partial charge in [0.2, 0.25) is 11.8 Å². The molecular weight excluding hydrogens is 396 g/mol. The average Bonchev–Trinajstić information content (AvgIpc) is 3.28. The Balaban J connectivity index is 1.39. The van der Waals surface area contributed by atoms with Crippen LogP contribution in [0.4, 0.5) is 0 Å². The van der Waals surface area contributed by atoms with E-state index in [1.54, 1.807) is 18.5 Å². The first kappa shape index (κ1) is 19.8. The van der Waals surface area contributed by atoms with Crippen molar-refractivity contribution in [3.63, 3.8) is 0 Å². The molecule has 0 aliphatic carbocycles. The molecule has 0 fully saturated rings. The Labute approximate surface area is 178 Å². The number of hydrogen-bond donors (Lipinski definition) is 1. The van der Waals surface area contributed by atoms with Crippen LogP contribution in [0.2, 0.25) is 0 Å². The van der Waals surface area contributed by atoms with E-state index in [-0.39, 0.29) is 17.7 Å². The number of nitrogens with zero attached hydrogens (tertiary/aromatic N) is 3. The van der Waals surface area contributed by atoms with Gasteiger partial charge in [-0.05, 0) is 29.7 Å². The van der Waals surface area contributed by atoms with Crippen LogP contribution in [0.25, 0.3) is 11.5 Å². The first-order valence-corrected chi connectivity index (χ1v) is 10.5. The normalized spacial score (nSPS) is 11.7. The fourth-order valence-electron chi connectivity index (χ4n) is 3.02. The number of rotatable bonds is 8. The minimum atomic E-state index is -0.115. The lowest BCUT2D eigenvalue weighted by molar-refractivity contribution is -0.119. The van der Waals surface area contributed by atoms with Crippen LogP contribution in [-0.2, 0) is 11.2 Å². The highest BCUT2D eigenvalue weighted by Crippen LogP contribution is 2.23. The maximum atomic E-state index is 12.6. The summed E-state index contributed by atoms with van der Waals surface area (Å²) in [6, 6.07) is 23.6. The van der Waals surface area contributed by atoms with E-state index in [9.17, 15) is 4.79 Å². The number of thioether (sulfide) groups is 1. The lowest BCUT2D eigenvalue weighted by Crippen LogP contribution is -2.31. The number of hydrogen-bond acceptors (Lipinski definition) is 6. The van der Waals surface area contributed by atoms with Crippen molar-refractivity contribution in [2.45, 2.75) is 17.7 Å². The van der Waals surface area contributed by atoms with E-state index in [1.807, 2.05) is 54.6 Å². The molecule has 0 spiro atoms. The predicted molar refractivity (Wildman–Crippen MR) is 116 cm³/mol. The van der Waals surface area contributed by atoms with E-state index in [2.05, 4.69) is 32.6 Å². The maximum Gasteiger partial charge on any atom is 0.277 e. The summed E-state index contributed by atoms with van der Waals surface area (Å²) < 4.78 is 5.63. The summed E-state index contributed by atoms with van der Waals surface area (Å²) in [6.07, 6.45) is 4.05. The number of nitrogens with one attached hydrogen (secondary N) is 1. The van der Waals surface area contributed by atoms with Gasteiger partial charge in [0, 0.05) is 12.4 Å². The number of carbonyl (C=O) groups is 1. The fraction of sp³-hybridized carbons (Fsp3) is 0.130. The zero-order valence-corrected chi connectivity index (χ0v) is 17.0. The Bertz CT molecular complexity index is 1070. The number of pyridine rings is 1. The van der Waals surface area contributed by atoms with Gasteiger partial charge in [0.05, 0.1) is 17.4 Å². The van der Waals surface area contributed by atoms with Crippen molar-refractivity contribution >= 4 is 17.7 Å². The first-order valence-electron chi connectivity index (χ1n) is 9.53. The zero-order chi connectivity index (χ0) is 20.6. The molecule has 4 aromatic rings. The summed E-state index contributed by atoms with van der Waals surface area (Å²) in [7, 11) is 0. The number of amides is 1. The third-order valence-corrected chi connectivity index (χ3v) is 5.28. The van der Waals surface area contributed by atoms with E-state index in [0.29, 0.717) is 17.5 Å². The molecule has 0 aliphatic rings. The molecule has 1 amide bonds. The van der Waals surface area contributed by atoms with Gasteiger partial charge in [0.15, 0.2) is 0 Å². The second-order valence-electron chi connectivity index (χ2n) is 6.62. The highest BCUT2D eigenvalue weighted by molar-refractivity contribution is 7.99. The molecule has 2 aromatic carbocycles. The second-order valence-corrected chi connectivity index (χ2v) is 7.55. The van der Waals surface area contributed by atoms with Gasteiger partial charge in [-0.25, -0.2) is 0 Å². The maximum absolute atomic E-state index is 12.6. The van der Waals surface area contributed by atoms with E-state index in [0.717, 1.165) is 16.7 Å². The minimum Gasteiger partial charge on any atom is -0.411 e. The van der Waals surface area contributed by atoms with Gasteiger partial charge in [0.25, 0.3) is 5.22 Å². The van der Waals surface area contributed by atoms with Crippen LogP contribution in [0, 0.1) is 0 Å². The molecule has 2 heterocycles. The van der Waals surface area contributed by atoms with Gasteiger partial charge in [-0.15, -0.1) is 10.2 Å². The molecule has 6 nitrogen and oxygen atoms in total. The molecule has 1 N–H and O–H groups in total. The summed E-state index contributed by atoms with van der Waals surface area (Å²) in [5.41, 5.74) is 2.97. The lowest BCUT2D eigenvalue weighted by atomic mass is 9.99. The molecular formula is C23H20N4O2S. The van der Waals surface area contributed by atoms with E-state index in [1.165, 1.54) is 11.8 Å². The summed E-state index contributed by atoms with van der Waals surface area (Å²) >= 11 is 1.21. The summed E-state index contributed by atoms with van der Waals surface area (Å²) in [5, 5.41) is 11.5. The molecule has 0 saturated carbocycles. The highest BCUT2D eigenvalue weighted by atomic mass is 32.2. The molecule has 0 bridgehead atoms. The summed E-state index contributed by atoms with van der Waals surface area (Å²) in [5.74, 6) is 0.482. The second kappa shape index (κ2) is 9.84. The van der Waals surface area contributed by atoms with Gasteiger partial charge >= 0.3 is 0 Å². The van der Waals surface area contributed by atoms with Gasteiger partial charge in [-0.3, -0.25) is 9.78 Å². The number of benzene rings is 2. The van der Waals surface area contributed by atoms with Crippen molar-refractivity contribution in [2.75, 3.05) is 5.75 Å². The lowest BCUT2D eigenvalue weighted by Gasteiger charge is -2.19.